The summed E-state index contributed by atoms with van der Waals surface area (Å²) in [6.07, 6.45) is 4.20. The molecule has 20 heavy (non-hydrogen) atoms. The highest BCUT2D eigenvalue weighted by Crippen LogP contribution is 2.28. The van der Waals surface area contributed by atoms with E-state index in [1.54, 1.807) is 12.4 Å². The Morgan fingerprint density at radius 2 is 1.90 bits per heavy atom. The number of halogens is 3. The number of hydrogen-bond acceptors (Lipinski definition) is 2. The molecule has 0 aliphatic rings. The van der Waals surface area contributed by atoms with Crippen molar-refractivity contribution in [1.82, 2.24) is 10.3 Å². The first-order valence-corrected chi connectivity index (χ1v) is 7.52. The van der Waals surface area contributed by atoms with Crippen LogP contribution < -0.4 is 5.32 Å². The predicted octanol–water partition coefficient (Wildman–Crippen LogP) is 4.94. The topological polar surface area (TPSA) is 24.9 Å². The SMILES string of the molecule is CCNC(Cc1ccc(Cl)c(Cl)c1)c1ccncc1Cl. The van der Waals surface area contributed by atoms with Crippen molar-refractivity contribution in [1.29, 1.82) is 0 Å². The van der Waals surface area contributed by atoms with Crippen LogP contribution in [0.25, 0.3) is 0 Å². The van der Waals surface area contributed by atoms with Crippen LogP contribution in [0.4, 0.5) is 0 Å². The largest absolute Gasteiger partial charge is 0.310 e. The normalized spacial score (nSPS) is 12.4. The van der Waals surface area contributed by atoms with E-state index in [0.717, 1.165) is 24.1 Å². The number of pyridine rings is 1. The van der Waals surface area contributed by atoms with Crippen molar-refractivity contribution in [3.63, 3.8) is 0 Å². The molecule has 0 aliphatic heterocycles. The van der Waals surface area contributed by atoms with Gasteiger partial charge in [-0.05, 0) is 42.3 Å². The third-order valence-corrected chi connectivity index (χ3v) is 4.11. The zero-order valence-electron chi connectivity index (χ0n) is 11.0. The zero-order chi connectivity index (χ0) is 14.5. The smallest absolute Gasteiger partial charge is 0.0637 e. The fraction of sp³-hybridized carbons (Fsp3) is 0.267. The average molecular weight is 330 g/mol. The molecule has 1 N–H and O–H groups in total. The van der Waals surface area contributed by atoms with Gasteiger partial charge in [0.2, 0.25) is 0 Å². The first-order valence-electron chi connectivity index (χ1n) is 6.38. The molecule has 1 heterocycles. The highest BCUT2D eigenvalue weighted by molar-refractivity contribution is 6.42. The molecule has 2 nitrogen and oxygen atoms in total. The van der Waals surface area contributed by atoms with Crippen LogP contribution in [0, 0.1) is 0 Å². The van der Waals surface area contributed by atoms with E-state index < -0.39 is 0 Å². The predicted molar refractivity (Wildman–Crippen MR) is 85.8 cm³/mol. The van der Waals surface area contributed by atoms with Gasteiger partial charge in [0.15, 0.2) is 0 Å². The quantitative estimate of drug-likeness (QED) is 0.841. The van der Waals surface area contributed by atoms with Crippen molar-refractivity contribution in [2.75, 3.05) is 6.54 Å². The van der Waals surface area contributed by atoms with Gasteiger partial charge in [0, 0.05) is 18.4 Å². The van der Waals surface area contributed by atoms with Gasteiger partial charge >= 0.3 is 0 Å². The lowest BCUT2D eigenvalue weighted by molar-refractivity contribution is 0.549. The molecule has 0 bridgehead atoms. The molecule has 2 rings (SSSR count). The lowest BCUT2D eigenvalue weighted by Crippen LogP contribution is -2.23. The summed E-state index contributed by atoms with van der Waals surface area (Å²) >= 11 is 18.2. The van der Waals surface area contributed by atoms with Crippen molar-refractivity contribution in [2.45, 2.75) is 19.4 Å². The summed E-state index contributed by atoms with van der Waals surface area (Å²) in [5.74, 6) is 0. The van der Waals surface area contributed by atoms with Gasteiger partial charge in [-0.15, -0.1) is 0 Å². The number of rotatable bonds is 5. The molecule has 2 aromatic rings. The fourth-order valence-corrected chi connectivity index (χ4v) is 2.68. The van der Waals surface area contributed by atoms with Gasteiger partial charge in [-0.2, -0.15) is 0 Å². The van der Waals surface area contributed by atoms with Gasteiger partial charge < -0.3 is 5.32 Å². The van der Waals surface area contributed by atoms with E-state index >= 15 is 0 Å². The summed E-state index contributed by atoms with van der Waals surface area (Å²) in [5, 5.41) is 5.24. The second kappa shape index (κ2) is 7.28. The molecule has 0 radical (unpaired) electrons. The van der Waals surface area contributed by atoms with Gasteiger partial charge in [0.05, 0.1) is 15.1 Å². The van der Waals surface area contributed by atoms with Crippen molar-refractivity contribution < 1.29 is 0 Å². The highest BCUT2D eigenvalue weighted by atomic mass is 35.5. The number of aromatic nitrogens is 1. The number of hydrogen-bond donors (Lipinski definition) is 1. The maximum absolute atomic E-state index is 6.23. The number of benzene rings is 1. The standard InChI is InChI=1S/C15H15Cl3N2/c1-2-20-15(11-5-6-19-9-14(11)18)8-10-3-4-12(16)13(17)7-10/h3-7,9,15,20H,2,8H2,1H3. The number of nitrogens with zero attached hydrogens (tertiary/aromatic N) is 1. The van der Waals surface area contributed by atoms with E-state index in [-0.39, 0.29) is 6.04 Å². The van der Waals surface area contributed by atoms with E-state index in [9.17, 15) is 0 Å². The summed E-state index contributed by atoms with van der Waals surface area (Å²) < 4.78 is 0. The summed E-state index contributed by atoms with van der Waals surface area (Å²) in [4.78, 5) is 4.02. The van der Waals surface area contributed by atoms with E-state index in [1.807, 2.05) is 24.3 Å². The Morgan fingerprint density at radius 3 is 2.55 bits per heavy atom. The molecule has 0 amide bonds. The maximum atomic E-state index is 6.23. The molecule has 1 unspecified atom stereocenters. The molecule has 5 heteroatoms. The first-order chi connectivity index (χ1) is 9.61. The van der Waals surface area contributed by atoms with Crippen LogP contribution in [0.15, 0.2) is 36.7 Å². The molecule has 106 valence electrons. The van der Waals surface area contributed by atoms with Crippen LogP contribution in [-0.4, -0.2) is 11.5 Å². The number of nitrogens with one attached hydrogen (secondary N) is 1. The van der Waals surface area contributed by atoms with Crippen molar-refractivity contribution in [3.8, 4) is 0 Å². The zero-order valence-corrected chi connectivity index (χ0v) is 13.3. The Balaban J connectivity index is 2.25. The minimum atomic E-state index is 0.118. The number of likely N-dealkylation sites (N-methyl/N-ethyl adjacent to an activating group) is 1. The van der Waals surface area contributed by atoms with E-state index in [4.69, 9.17) is 34.8 Å². The van der Waals surface area contributed by atoms with Crippen LogP contribution in [0.1, 0.15) is 24.1 Å². The minimum absolute atomic E-state index is 0.118. The van der Waals surface area contributed by atoms with Gasteiger partial charge in [-0.1, -0.05) is 47.8 Å². The Labute approximate surface area is 134 Å². The van der Waals surface area contributed by atoms with Crippen LogP contribution in [0.3, 0.4) is 0 Å². The van der Waals surface area contributed by atoms with Crippen molar-refractivity contribution >= 4 is 34.8 Å². The van der Waals surface area contributed by atoms with Crippen LogP contribution in [0.2, 0.25) is 15.1 Å². The summed E-state index contributed by atoms with van der Waals surface area (Å²) in [5.41, 5.74) is 2.15. The van der Waals surface area contributed by atoms with E-state index in [2.05, 4.69) is 17.2 Å². The van der Waals surface area contributed by atoms with E-state index in [0.29, 0.717) is 15.1 Å². The summed E-state index contributed by atoms with van der Waals surface area (Å²) in [6, 6.07) is 7.74. The second-order valence-electron chi connectivity index (χ2n) is 4.46. The van der Waals surface area contributed by atoms with Gasteiger partial charge in [0.1, 0.15) is 0 Å². The molecule has 1 aromatic carbocycles. The third-order valence-electron chi connectivity index (χ3n) is 3.05. The van der Waals surface area contributed by atoms with Crippen LogP contribution in [0.5, 0.6) is 0 Å². The van der Waals surface area contributed by atoms with Crippen molar-refractivity contribution in [2.24, 2.45) is 0 Å². The molecule has 0 aliphatic carbocycles. The molecule has 0 saturated heterocycles. The Morgan fingerprint density at radius 1 is 1.10 bits per heavy atom. The molecule has 1 aromatic heterocycles. The van der Waals surface area contributed by atoms with Crippen LogP contribution >= 0.6 is 34.8 Å². The fourth-order valence-electron chi connectivity index (χ4n) is 2.11. The summed E-state index contributed by atoms with van der Waals surface area (Å²) in [7, 11) is 0. The lowest BCUT2D eigenvalue weighted by atomic mass is 9.99. The first kappa shape index (κ1) is 15.6. The van der Waals surface area contributed by atoms with Gasteiger partial charge in [-0.25, -0.2) is 0 Å². The molecule has 0 spiro atoms. The Bertz CT molecular complexity index is 587. The third kappa shape index (κ3) is 3.86. The lowest BCUT2D eigenvalue weighted by Gasteiger charge is -2.19. The maximum Gasteiger partial charge on any atom is 0.0637 e. The monoisotopic (exact) mass is 328 g/mol. The average Bonchev–Trinajstić information content (AvgIpc) is 2.43. The molecule has 0 fully saturated rings. The van der Waals surface area contributed by atoms with Crippen molar-refractivity contribution in [3.05, 3.63) is 62.9 Å². The molecule has 1 atom stereocenters. The van der Waals surface area contributed by atoms with Gasteiger partial charge in [0.25, 0.3) is 0 Å². The molecular weight excluding hydrogens is 315 g/mol. The Kier molecular flexibility index (Phi) is 5.67. The van der Waals surface area contributed by atoms with Gasteiger partial charge in [-0.3, -0.25) is 4.98 Å². The minimum Gasteiger partial charge on any atom is -0.310 e. The molecule has 0 saturated carbocycles. The molecular formula is C15H15Cl3N2. The second-order valence-corrected chi connectivity index (χ2v) is 5.68. The summed E-state index contributed by atoms with van der Waals surface area (Å²) in [6.45, 7) is 2.92. The Hall–Kier alpha value is -0.800. The van der Waals surface area contributed by atoms with E-state index in [1.165, 1.54) is 0 Å². The van der Waals surface area contributed by atoms with Crippen LogP contribution in [-0.2, 0) is 6.42 Å². The highest BCUT2D eigenvalue weighted by Gasteiger charge is 2.15.